The molecule has 7 nitrogen and oxygen atoms in total. The molecule has 0 unspecified atom stereocenters. The third kappa shape index (κ3) is 5.40. The molecule has 4 aromatic rings. The van der Waals surface area contributed by atoms with Crippen LogP contribution in [0, 0.1) is 0 Å². The molecule has 3 heterocycles. The van der Waals surface area contributed by atoms with Crippen LogP contribution in [0.25, 0.3) is 11.3 Å². The van der Waals surface area contributed by atoms with Gasteiger partial charge in [0.05, 0.1) is 22.4 Å². The van der Waals surface area contributed by atoms with E-state index < -0.39 is 0 Å². The molecule has 1 saturated heterocycles. The third-order valence-electron chi connectivity index (χ3n) is 5.93. The lowest BCUT2D eigenvalue weighted by Gasteiger charge is -2.26. The largest absolute Gasteiger partial charge is 0.459 e. The Morgan fingerprint density at radius 1 is 1.19 bits per heavy atom. The third-order valence-corrected chi connectivity index (χ3v) is 7.08. The Hall–Kier alpha value is -3.24. The number of amides is 1. The molecule has 0 aliphatic carbocycles. The van der Waals surface area contributed by atoms with Crippen molar-refractivity contribution in [3.8, 4) is 11.3 Å². The van der Waals surface area contributed by atoms with E-state index in [-0.39, 0.29) is 24.6 Å². The number of aromatic nitrogens is 1. The summed E-state index contributed by atoms with van der Waals surface area (Å²) in [4.78, 5) is 18.5. The van der Waals surface area contributed by atoms with Crippen molar-refractivity contribution in [3.63, 3.8) is 0 Å². The zero-order valence-electron chi connectivity index (χ0n) is 19.7. The lowest BCUT2D eigenvalue weighted by Crippen LogP contribution is -2.29. The molecular formula is C27H22BrClN4O3S. The van der Waals surface area contributed by atoms with Gasteiger partial charge in [0.25, 0.3) is 0 Å². The number of methoxy groups -OCH3 is 1. The van der Waals surface area contributed by atoms with E-state index in [1.807, 2.05) is 65.6 Å². The van der Waals surface area contributed by atoms with Crippen LogP contribution in [-0.4, -0.2) is 29.7 Å². The number of carbonyl (C=O) groups excluding carboxylic acids is 1. The summed E-state index contributed by atoms with van der Waals surface area (Å²) in [6, 6.07) is 22.4. The van der Waals surface area contributed by atoms with Crippen LogP contribution in [0.4, 0.5) is 11.4 Å². The summed E-state index contributed by atoms with van der Waals surface area (Å²) >= 11 is 15.8. The highest BCUT2D eigenvalue weighted by atomic mass is 79.9. The number of rotatable bonds is 7. The number of hydrogen-bond acceptors (Lipinski definition) is 5. The summed E-state index contributed by atoms with van der Waals surface area (Å²) in [5.41, 5.74) is 3.02. The molecule has 1 aliphatic rings. The minimum atomic E-state index is -0.336. The van der Waals surface area contributed by atoms with Crippen molar-refractivity contribution in [1.82, 2.24) is 10.3 Å². The molecule has 2 atom stereocenters. The minimum Gasteiger partial charge on any atom is -0.459 e. The molecule has 37 heavy (non-hydrogen) atoms. The number of nitrogens with one attached hydrogen (secondary N) is 2. The van der Waals surface area contributed by atoms with Gasteiger partial charge in [-0.1, -0.05) is 45.7 Å². The van der Waals surface area contributed by atoms with Gasteiger partial charge >= 0.3 is 0 Å². The van der Waals surface area contributed by atoms with Gasteiger partial charge in [0.2, 0.25) is 5.91 Å². The van der Waals surface area contributed by atoms with Gasteiger partial charge in [-0.15, -0.1) is 0 Å². The Labute approximate surface area is 232 Å². The fraction of sp³-hybridized carbons (Fsp3) is 0.148. The van der Waals surface area contributed by atoms with E-state index in [1.165, 1.54) is 7.11 Å². The number of ether oxygens (including phenoxy) is 1. The highest BCUT2D eigenvalue weighted by Crippen LogP contribution is 2.44. The SMILES string of the molecule is COCC(=O)Nc1ccc(N2C(=S)N[C@H](c3ccccn3)[C@H]2c2ccc(-c3ccc(Br)cc3)o2)cc1Cl. The number of thiocarbonyl (C=S) groups is 1. The number of hydrogen-bond donors (Lipinski definition) is 2. The fourth-order valence-electron chi connectivity index (χ4n) is 4.28. The Kier molecular flexibility index (Phi) is 7.57. The molecule has 2 aromatic heterocycles. The van der Waals surface area contributed by atoms with Crippen molar-refractivity contribution in [3.05, 3.63) is 99.9 Å². The Bertz CT molecular complexity index is 1430. The minimum absolute atomic E-state index is 0.0643. The molecule has 188 valence electrons. The van der Waals surface area contributed by atoms with Gasteiger partial charge in [-0.3, -0.25) is 9.78 Å². The van der Waals surface area contributed by atoms with Gasteiger partial charge in [0.1, 0.15) is 24.2 Å². The molecule has 2 aromatic carbocycles. The van der Waals surface area contributed by atoms with Gasteiger partial charge in [-0.2, -0.15) is 0 Å². The van der Waals surface area contributed by atoms with Crippen molar-refractivity contribution in [2.24, 2.45) is 0 Å². The second-order valence-electron chi connectivity index (χ2n) is 8.35. The number of pyridine rings is 1. The summed E-state index contributed by atoms with van der Waals surface area (Å²) in [5.74, 6) is 1.17. The highest BCUT2D eigenvalue weighted by molar-refractivity contribution is 9.10. The number of anilines is 2. The van der Waals surface area contributed by atoms with Gasteiger partial charge in [0.15, 0.2) is 5.11 Å². The van der Waals surface area contributed by atoms with Crippen LogP contribution in [0.1, 0.15) is 23.5 Å². The van der Waals surface area contributed by atoms with E-state index in [1.54, 1.807) is 18.3 Å². The Morgan fingerprint density at radius 3 is 2.70 bits per heavy atom. The molecule has 1 fully saturated rings. The lowest BCUT2D eigenvalue weighted by molar-refractivity contribution is -0.119. The van der Waals surface area contributed by atoms with Crippen LogP contribution in [0.3, 0.4) is 0 Å². The molecule has 5 rings (SSSR count). The summed E-state index contributed by atoms with van der Waals surface area (Å²) in [6.07, 6.45) is 1.75. The maximum atomic E-state index is 12.0. The van der Waals surface area contributed by atoms with Gasteiger partial charge in [0, 0.05) is 29.0 Å². The first-order chi connectivity index (χ1) is 17.9. The molecule has 10 heteroatoms. The molecule has 1 aliphatic heterocycles. The first-order valence-corrected chi connectivity index (χ1v) is 13.0. The van der Waals surface area contributed by atoms with E-state index in [2.05, 4.69) is 31.5 Å². The second-order valence-corrected chi connectivity index (χ2v) is 10.1. The number of halogens is 2. The van der Waals surface area contributed by atoms with E-state index >= 15 is 0 Å². The van der Waals surface area contributed by atoms with Crippen LogP contribution in [0.15, 0.2) is 87.9 Å². The summed E-state index contributed by atoms with van der Waals surface area (Å²) in [5, 5.41) is 7.04. The van der Waals surface area contributed by atoms with E-state index in [4.69, 9.17) is 33.0 Å². The van der Waals surface area contributed by atoms with Crippen LogP contribution in [0.2, 0.25) is 5.02 Å². The molecule has 0 radical (unpaired) electrons. The number of carbonyl (C=O) groups is 1. The van der Waals surface area contributed by atoms with Crippen molar-refractivity contribution < 1.29 is 13.9 Å². The summed E-state index contributed by atoms with van der Waals surface area (Å²) in [7, 11) is 1.46. The predicted octanol–water partition coefficient (Wildman–Crippen LogP) is 6.52. The topological polar surface area (TPSA) is 79.6 Å². The molecule has 2 N–H and O–H groups in total. The van der Waals surface area contributed by atoms with E-state index in [9.17, 15) is 4.79 Å². The van der Waals surface area contributed by atoms with E-state index in [0.29, 0.717) is 15.8 Å². The maximum absolute atomic E-state index is 12.0. The normalized spacial score (nSPS) is 17.1. The smallest absolute Gasteiger partial charge is 0.250 e. The summed E-state index contributed by atoms with van der Waals surface area (Å²) < 4.78 is 12.3. The quantitative estimate of drug-likeness (QED) is 0.235. The highest BCUT2D eigenvalue weighted by Gasteiger charge is 2.42. The van der Waals surface area contributed by atoms with Crippen LogP contribution < -0.4 is 15.5 Å². The number of nitrogens with zero attached hydrogens (tertiary/aromatic N) is 2. The zero-order chi connectivity index (χ0) is 25.9. The van der Waals surface area contributed by atoms with Gasteiger partial charge < -0.3 is 24.7 Å². The number of furan rings is 1. The van der Waals surface area contributed by atoms with Gasteiger partial charge in [-0.05, 0) is 66.8 Å². The Balaban J connectivity index is 1.53. The van der Waals surface area contributed by atoms with Gasteiger partial charge in [-0.25, -0.2) is 0 Å². The monoisotopic (exact) mass is 596 g/mol. The van der Waals surface area contributed by atoms with Crippen LogP contribution in [-0.2, 0) is 9.53 Å². The molecular weight excluding hydrogens is 576 g/mol. The first-order valence-electron chi connectivity index (χ1n) is 11.4. The predicted molar refractivity (Wildman–Crippen MR) is 152 cm³/mol. The Morgan fingerprint density at radius 2 is 2.00 bits per heavy atom. The second kappa shape index (κ2) is 11.0. The number of benzene rings is 2. The molecule has 0 bridgehead atoms. The van der Waals surface area contributed by atoms with Crippen molar-refractivity contribution in [2.45, 2.75) is 12.1 Å². The van der Waals surface area contributed by atoms with E-state index in [0.717, 1.165) is 32.9 Å². The van der Waals surface area contributed by atoms with Crippen molar-refractivity contribution >= 4 is 62.1 Å². The average Bonchev–Trinajstić information content (AvgIpc) is 3.51. The summed E-state index contributed by atoms with van der Waals surface area (Å²) in [6.45, 7) is -0.0643. The molecule has 0 saturated carbocycles. The van der Waals surface area contributed by atoms with Crippen molar-refractivity contribution in [1.29, 1.82) is 0 Å². The average molecular weight is 598 g/mol. The van der Waals surface area contributed by atoms with Crippen molar-refractivity contribution in [2.75, 3.05) is 23.9 Å². The van der Waals surface area contributed by atoms with Crippen LogP contribution >= 0.6 is 39.7 Å². The molecule has 0 spiro atoms. The standard InChI is InChI=1S/C27H22BrClN4O3S/c1-35-15-24(34)31-20-10-9-18(14-19(20)29)33-26(25(32-27(33)37)21-4-2-3-13-30-21)23-12-11-22(36-23)16-5-7-17(28)8-6-16/h2-14,25-26H,15H2,1H3,(H,31,34)(H,32,37)/t25-,26-/m1/s1. The zero-order valence-corrected chi connectivity index (χ0v) is 22.8. The molecule has 1 amide bonds. The fourth-order valence-corrected chi connectivity index (χ4v) is 5.11. The first kappa shape index (κ1) is 25.4. The lowest BCUT2D eigenvalue weighted by atomic mass is 10.0. The maximum Gasteiger partial charge on any atom is 0.250 e. The van der Waals surface area contributed by atoms with Crippen LogP contribution in [0.5, 0.6) is 0 Å².